The fraction of sp³-hybridized carbons (Fsp3) is 0.308. The number of halogens is 1. The maximum Gasteiger partial charge on any atom is 0.177 e. The Bertz CT molecular complexity index is 357. The second-order valence-corrected chi connectivity index (χ2v) is 3.74. The Morgan fingerprint density at radius 2 is 2.06 bits per heavy atom. The zero-order chi connectivity index (χ0) is 11.8. The Kier molecular flexibility index (Phi) is 5.83. The molecule has 0 amide bonds. The van der Waals surface area contributed by atoms with Gasteiger partial charge in [0, 0.05) is 5.56 Å². The zero-order valence-corrected chi connectivity index (χ0v) is 10.1. The molecule has 0 bridgehead atoms. The van der Waals surface area contributed by atoms with Crippen LogP contribution in [0, 0.1) is 0 Å². The van der Waals surface area contributed by atoms with Gasteiger partial charge in [-0.1, -0.05) is 36.4 Å². The normalized spacial score (nSPS) is 10.9. The average molecular weight is 238 g/mol. The van der Waals surface area contributed by atoms with Crippen molar-refractivity contribution in [3.63, 3.8) is 0 Å². The molecule has 0 unspecified atom stereocenters. The van der Waals surface area contributed by atoms with E-state index in [-0.39, 0.29) is 11.7 Å². The van der Waals surface area contributed by atoms with Gasteiger partial charge in [0.25, 0.3) is 0 Å². The van der Waals surface area contributed by atoms with Crippen LogP contribution < -0.4 is 5.32 Å². The smallest absolute Gasteiger partial charge is 0.177 e. The van der Waals surface area contributed by atoms with Crippen LogP contribution >= 0.6 is 11.6 Å². The minimum absolute atomic E-state index is 0.0348. The summed E-state index contributed by atoms with van der Waals surface area (Å²) in [6.45, 7) is 0.972. The van der Waals surface area contributed by atoms with E-state index in [0.717, 1.165) is 18.5 Å². The largest absolute Gasteiger partial charge is 0.319 e. The number of Topliss-reactive ketones (excluding diaryl/α,β-unsaturated/α-hetero) is 1. The first-order valence-electron chi connectivity index (χ1n) is 5.28. The van der Waals surface area contributed by atoms with Crippen molar-refractivity contribution in [3.05, 3.63) is 41.5 Å². The van der Waals surface area contributed by atoms with E-state index in [0.29, 0.717) is 5.56 Å². The quantitative estimate of drug-likeness (QED) is 0.468. The number of hydrogen-bond acceptors (Lipinski definition) is 2. The van der Waals surface area contributed by atoms with Crippen molar-refractivity contribution in [2.45, 2.75) is 6.42 Å². The number of carbonyl (C=O) groups excluding carboxylic acids is 1. The lowest BCUT2D eigenvalue weighted by molar-refractivity contribution is 0.102. The van der Waals surface area contributed by atoms with Crippen molar-refractivity contribution < 1.29 is 4.79 Å². The summed E-state index contributed by atoms with van der Waals surface area (Å²) in [5, 5.41) is 3.08. The Labute approximate surface area is 101 Å². The Morgan fingerprint density at radius 3 is 2.62 bits per heavy atom. The second-order valence-electron chi connectivity index (χ2n) is 3.47. The van der Waals surface area contributed by atoms with E-state index in [1.807, 2.05) is 37.4 Å². The van der Waals surface area contributed by atoms with Crippen LogP contribution in [0.4, 0.5) is 0 Å². The van der Waals surface area contributed by atoms with Crippen LogP contribution in [0.15, 0.2) is 30.3 Å². The van der Waals surface area contributed by atoms with Gasteiger partial charge in [-0.2, -0.15) is 0 Å². The van der Waals surface area contributed by atoms with E-state index < -0.39 is 0 Å². The summed E-state index contributed by atoms with van der Waals surface area (Å²) in [6, 6.07) is 7.47. The predicted molar refractivity (Wildman–Crippen MR) is 69.1 cm³/mol. The molecule has 1 aromatic rings. The molecule has 0 aliphatic rings. The summed E-state index contributed by atoms with van der Waals surface area (Å²) in [7, 11) is 1.93. The lowest BCUT2D eigenvalue weighted by Gasteiger charge is -1.98. The second kappa shape index (κ2) is 7.20. The van der Waals surface area contributed by atoms with E-state index in [9.17, 15) is 4.79 Å². The number of alkyl halides is 1. The van der Waals surface area contributed by atoms with Crippen molar-refractivity contribution in [1.29, 1.82) is 0 Å². The number of carbonyl (C=O) groups is 1. The van der Waals surface area contributed by atoms with Gasteiger partial charge >= 0.3 is 0 Å². The highest BCUT2D eigenvalue weighted by Gasteiger charge is 2.01. The van der Waals surface area contributed by atoms with Crippen molar-refractivity contribution in [2.75, 3.05) is 19.5 Å². The highest BCUT2D eigenvalue weighted by Crippen LogP contribution is 2.08. The van der Waals surface area contributed by atoms with Crippen LogP contribution in [0.1, 0.15) is 22.3 Å². The van der Waals surface area contributed by atoms with E-state index in [1.54, 1.807) is 0 Å². The maximum atomic E-state index is 11.3. The number of benzene rings is 1. The topological polar surface area (TPSA) is 29.1 Å². The van der Waals surface area contributed by atoms with Gasteiger partial charge in [-0.3, -0.25) is 4.79 Å². The molecule has 0 aliphatic carbocycles. The Hall–Kier alpha value is -1.12. The fourth-order valence-electron chi connectivity index (χ4n) is 1.30. The third-order valence-corrected chi connectivity index (χ3v) is 2.47. The van der Waals surface area contributed by atoms with Crippen LogP contribution in [0.5, 0.6) is 0 Å². The van der Waals surface area contributed by atoms with E-state index in [1.165, 1.54) is 0 Å². The molecule has 0 saturated heterocycles. The SMILES string of the molecule is CNCCC=Cc1ccc(C(=O)CCl)cc1. The summed E-state index contributed by atoms with van der Waals surface area (Å²) in [6.07, 6.45) is 5.15. The fourth-order valence-corrected chi connectivity index (χ4v) is 1.46. The summed E-state index contributed by atoms with van der Waals surface area (Å²) in [4.78, 5) is 11.3. The minimum Gasteiger partial charge on any atom is -0.319 e. The van der Waals surface area contributed by atoms with Crippen molar-refractivity contribution >= 4 is 23.5 Å². The van der Waals surface area contributed by atoms with Gasteiger partial charge in [-0.15, -0.1) is 11.6 Å². The van der Waals surface area contributed by atoms with Gasteiger partial charge in [0.1, 0.15) is 0 Å². The molecule has 0 saturated carbocycles. The maximum absolute atomic E-state index is 11.3. The van der Waals surface area contributed by atoms with Gasteiger partial charge < -0.3 is 5.32 Å². The third kappa shape index (κ3) is 4.17. The van der Waals surface area contributed by atoms with E-state index in [2.05, 4.69) is 11.4 Å². The highest BCUT2D eigenvalue weighted by atomic mass is 35.5. The van der Waals surface area contributed by atoms with Crippen LogP contribution in [-0.4, -0.2) is 25.3 Å². The molecule has 16 heavy (non-hydrogen) atoms. The van der Waals surface area contributed by atoms with Gasteiger partial charge in [0.05, 0.1) is 5.88 Å². The van der Waals surface area contributed by atoms with Crippen molar-refractivity contribution in [2.24, 2.45) is 0 Å². The van der Waals surface area contributed by atoms with Crippen LogP contribution in [0.3, 0.4) is 0 Å². The number of rotatable bonds is 6. The Morgan fingerprint density at radius 1 is 1.38 bits per heavy atom. The molecule has 1 aromatic carbocycles. The van der Waals surface area contributed by atoms with E-state index in [4.69, 9.17) is 11.6 Å². The predicted octanol–water partition coefficient (Wildman–Crippen LogP) is 2.73. The number of hydrogen-bond donors (Lipinski definition) is 1. The highest BCUT2D eigenvalue weighted by molar-refractivity contribution is 6.30. The molecule has 0 aliphatic heterocycles. The minimum atomic E-state index is -0.0348. The summed E-state index contributed by atoms with van der Waals surface area (Å²) in [5.41, 5.74) is 1.77. The molecule has 86 valence electrons. The average Bonchev–Trinajstić information content (AvgIpc) is 2.34. The van der Waals surface area contributed by atoms with Crippen molar-refractivity contribution in [3.8, 4) is 0 Å². The molecule has 0 atom stereocenters. The number of nitrogens with one attached hydrogen (secondary N) is 1. The molecular weight excluding hydrogens is 222 g/mol. The monoisotopic (exact) mass is 237 g/mol. The first-order valence-corrected chi connectivity index (χ1v) is 5.81. The van der Waals surface area contributed by atoms with Gasteiger partial charge in [0.2, 0.25) is 0 Å². The zero-order valence-electron chi connectivity index (χ0n) is 9.37. The molecule has 0 aromatic heterocycles. The van der Waals surface area contributed by atoms with Crippen LogP contribution in [0.2, 0.25) is 0 Å². The summed E-state index contributed by atoms with van der Waals surface area (Å²) in [5.74, 6) is 0.00421. The van der Waals surface area contributed by atoms with Crippen LogP contribution in [-0.2, 0) is 0 Å². The Balaban J connectivity index is 2.57. The van der Waals surface area contributed by atoms with Crippen LogP contribution in [0.25, 0.3) is 6.08 Å². The standard InChI is InChI=1S/C13H16ClNO/c1-15-9-3-2-4-11-5-7-12(8-6-11)13(16)10-14/h2,4-8,15H,3,9-10H2,1H3. The van der Waals surface area contributed by atoms with E-state index >= 15 is 0 Å². The third-order valence-electron chi connectivity index (χ3n) is 2.23. The summed E-state index contributed by atoms with van der Waals surface area (Å²) < 4.78 is 0. The first-order chi connectivity index (χ1) is 7.77. The molecule has 0 radical (unpaired) electrons. The molecule has 0 fully saturated rings. The van der Waals surface area contributed by atoms with Crippen molar-refractivity contribution in [1.82, 2.24) is 5.32 Å². The molecule has 2 nitrogen and oxygen atoms in total. The molecule has 0 heterocycles. The van der Waals surface area contributed by atoms with Gasteiger partial charge in [-0.25, -0.2) is 0 Å². The molecular formula is C13H16ClNO. The molecule has 1 rings (SSSR count). The van der Waals surface area contributed by atoms with Gasteiger partial charge in [-0.05, 0) is 25.6 Å². The summed E-state index contributed by atoms with van der Waals surface area (Å²) >= 11 is 5.47. The lowest BCUT2D eigenvalue weighted by atomic mass is 10.1. The lowest BCUT2D eigenvalue weighted by Crippen LogP contribution is -2.05. The number of ketones is 1. The molecule has 1 N–H and O–H groups in total. The molecule has 3 heteroatoms. The first kappa shape index (κ1) is 12.9. The molecule has 0 spiro atoms. The van der Waals surface area contributed by atoms with Gasteiger partial charge in [0.15, 0.2) is 5.78 Å².